The molecule has 1 atom stereocenters. The van der Waals surface area contributed by atoms with E-state index >= 15 is 0 Å². The number of anilines is 1. The minimum Gasteiger partial charge on any atom is -0.382 e. The maximum Gasteiger partial charge on any atom is 0.191 e. The Hall–Kier alpha value is -1.20. The fourth-order valence-electron chi connectivity index (χ4n) is 2.89. The van der Waals surface area contributed by atoms with Gasteiger partial charge in [0.1, 0.15) is 17.3 Å². The van der Waals surface area contributed by atoms with Gasteiger partial charge in [0.25, 0.3) is 0 Å². The number of nitrogens with zero attached hydrogens (tertiary/aromatic N) is 2. The summed E-state index contributed by atoms with van der Waals surface area (Å²) in [4.78, 5) is 5.93. The van der Waals surface area contributed by atoms with Crippen LogP contribution in [0.2, 0.25) is 0 Å². The smallest absolute Gasteiger partial charge is 0.191 e. The van der Waals surface area contributed by atoms with Gasteiger partial charge in [0.05, 0.1) is 13.2 Å². The van der Waals surface area contributed by atoms with Crippen molar-refractivity contribution < 1.29 is 18.3 Å². The Balaban J connectivity index is 0.00000364. The molecular weight excluding hydrogens is 469 g/mol. The zero-order valence-electron chi connectivity index (χ0n) is 15.8. The number of nitrogens with one attached hydrogen (secondary N) is 2. The summed E-state index contributed by atoms with van der Waals surface area (Å²) in [6.45, 7) is 3.69. The molecule has 1 heterocycles. The maximum absolute atomic E-state index is 13.9. The minimum absolute atomic E-state index is 0. The molecule has 6 nitrogen and oxygen atoms in total. The number of methoxy groups -OCH3 is 1. The summed E-state index contributed by atoms with van der Waals surface area (Å²) in [5, 5.41) is 6.53. The third-order valence-electron chi connectivity index (χ3n) is 4.20. The standard InChI is InChI=1S/C18H28F2N4O2.HI/c1-21-18(22-8-4-10-26-12-11-25-2)23-14-7-9-24(13-14)17-15(19)5-3-6-16(17)20;/h3,5-6,14H,4,7-13H2,1-2H3,(H2,21,22,23);1H. The molecule has 1 aliphatic heterocycles. The molecule has 2 rings (SSSR count). The number of hydrogen-bond acceptors (Lipinski definition) is 4. The SMILES string of the molecule is CN=C(NCCCOCCOC)NC1CCN(c2c(F)cccc2F)C1.I. The van der Waals surface area contributed by atoms with E-state index < -0.39 is 11.6 Å². The Bertz CT molecular complexity index is 572. The quantitative estimate of drug-likeness (QED) is 0.237. The van der Waals surface area contributed by atoms with Crippen LogP contribution in [0.5, 0.6) is 0 Å². The molecule has 9 heteroatoms. The van der Waals surface area contributed by atoms with E-state index in [1.807, 2.05) is 0 Å². The van der Waals surface area contributed by atoms with E-state index in [4.69, 9.17) is 9.47 Å². The van der Waals surface area contributed by atoms with Crippen molar-refractivity contribution in [3.63, 3.8) is 0 Å². The van der Waals surface area contributed by atoms with Crippen LogP contribution in [0.4, 0.5) is 14.5 Å². The van der Waals surface area contributed by atoms with Crippen molar-refractivity contribution >= 4 is 35.6 Å². The lowest BCUT2D eigenvalue weighted by Crippen LogP contribution is -2.45. The molecule has 1 aromatic rings. The van der Waals surface area contributed by atoms with E-state index in [-0.39, 0.29) is 35.7 Å². The van der Waals surface area contributed by atoms with Gasteiger partial charge in [0.15, 0.2) is 5.96 Å². The highest BCUT2D eigenvalue weighted by atomic mass is 127. The Labute approximate surface area is 176 Å². The fraction of sp³-hybridized carbons (Fsp3) is 0.611. The van der Waals surface area contributed by atoms with Crippen LogP contribution in [-0.2, 0) is 9.47 Å². The Morgan fingerprint density at radius 2 is 2.00 bits per heavy atom. The molecule has 0 bridgehead atoms. The number of benzene rings is 1. The summed E-state index contributed by atoms with van der Waals surface area (Å²) in [6, 6.07) is 4.03. The van der Waals surface area contributed by atoms with Crippen LogP contribution >= 0.6 is 24.0 Å². The number of rotatable bonds is 9. The van der Waals surface area contributed by atoms with Gasteiger partial charge in [-0.05, 0) is 25.0 Å². The van der Waals surface area contributed by atoms with Crippen LogP contribution in [0, 0.1) is 11.6 Å². The van der Waals surface area contributed by atoms with Gasteiger partial charge in [-0.3, -0.25) is 4.99 Å². The summed E-state index contributed by atoms with van der Waals surface area (Å²) in [7, 11) is 3.35. The van der Waals surface area contributed by atoms with Crippen LogP contribution in [0.3, 0.4) is 0 Å². The largest absolute Gasteiger partial charge is 0.382 e. The third-order valence-corrected chi connectivity index (χ3v) is 4.20. The molecule has 1 saturated heterocycles. The van der Waals surface area contributed by atoms with Gasteiger partial charge in [-0.15, -0.1) is 24.0 Å². The molecule has 0 radical (unpaired) electrons. The van der Waals surface area contributed by atoms with Gasteiger partial charge in [-0.25, -0.2) is 8.78 Å². The molecule has 27 heavy (non-hydrogen) atoms. The summed E-state index contributed by atoms with van der Waals surface area (Å²) in [5.74, 6) is -0.369. The normalized spacial score (nSPS) is 17.0. The highest BCUT2D eigenvalue weighted by Gasteiger charge is 2.27. The lowest BCUT2D eigenvalue weighted by atomic mass is 10.2. The van der Waals surface area contributed by atoms with Crippen LogP contribution in [0.15, 0.2) is 23.2 Å². The molecule has 0 spiro atoms. The van der Waals surface area contributed by atoms with Gasteiger partial charge in [-0.2, -0.15) is 0 Å². The first kappa shape index (κ1) is 23.8. The number of halogens is 3. The summed E-state index contributed by atoms with van der Waals surface area (Å²) in [5.41, 5.74) is 0.0490. The van der Waals surface area contributed by atoms with Crippen molar-refractivity contribution in [2.24, 2.45) is 4.99 Å². The average Bonchev–Trinajstić information content (AvgIpc) is 3.08. The van der Waals surface area contributed by atoms with E-state index in [2.05, 4.69) is 15.6 Å². The lowest BCUT2D eigenvalue weighted by molar-refractivity contribution is 0.0698. The molecule has 0 aliphatic carbocycles. The maximum atomic E-state index is 13.9. The number of ether oxygens (including phenoxy) is 2. The van der Waals surface area contributed by atoms with Gasteiger partial charge in [0, 0.05) is 46.4 Å². The molecular formula is C18H29F2IN4O2. The highest BCUT2D eigenvalue weighted by Crippen LogP contribution is 2.26. The van der Waals surface area contributed by atoms with E-state index in [1.165, 1.54) is 18.2 Å². The van der Waals surface area contributed by atoms with Crippen molar-refractivity contribution in [2.45, 2.75) is 18.9 Å². The Morgan fingerprint density at radius 1 is 1.26 bits per heavy atom. The topological polar surface area (TPSA) is 58.1 Å². The predicted octanol–water partition coefficient (Wildman–Crippen LogP) is 2.38. The van der Waals surface area contributed by atoms with E-state index in [0.29, 0.717) is 38.9 Å². The number of hydrogen-bond donors (Lipinski definition) is 2. The molecule has 1 aromatic carbocycles. The van der Waals surface area contributed by atoms with Crippen molar-refractivity contribution in [2.75, 3.05) is 58.5 Å². The number of para-hydroxylation sites is 1. The van der Waals surface area contributed by atoms with Crippen molar-refractivity contribution in [3.05, 3.63) is 29.8 Å². The Morgan fingerprint density at radius 3 is 2.67 bits per heavy atom. The number of aliphatic imine (C=N–C) groups is 1. The monoisotopic (exact) mass is 498 g/mol. The molecule has 154 valence electrons. The van der Waals surface area contributed by atoms with Gasteiger partial charge < -0.3 is 25.0 Å². The highest BCUT2D eigenvalue weighted by molar-refractivity contribution is 14.0. The van der Waals surface area contributed by atoms with Crippen LogP contribution in [-0.4, -0.2) is 65.6 Å². The second-order valence-electron chi connectivity index (χ2n) is 6.10. The zero-order chi connectivity index (χ0) is 18.8. The summed E-state index contributed by atoms with van der Waals surface area (Å²) >= 11 is 0. The predicted molar refractivity (Wildman–Crippen MR) is 114 cm³/mol. The lowest BCUT2D eigenvalue weighted by Gasteiger charge is -2.21. The molecule has 1 unspecified atom stereocenters. The van der Waals surface area contributed by atoms with Crippen molar-refractivity contribution in [1.82, 2.24) is 10.6 Å². The van der Waals surface area contributed by atoms with E-state index in [1.54, 1.807) is 19.1 Å². The van der Waals surface area contributed by atoms with Crippen LogP contribution in [0.25, 0.3) is 0 Å². The van der Waals surface area contributed by atoms with E-state index in [9.17, 15) is 8.78 Å². The first-order valence-electron chi connectivity index (χ1n) is 8.88. The number of guanidine groups is 1. The van der Waals surface area contributed by atoms with Crippen LogP contribution < -0.4 is 15.5 Å². The van der Waals surface area contributed by atoms with Gasteiger partial charge >= 0.3 is 0 Å². The summed E-state index contributed by atoms with van der Waals surface area (Å²) < 4.78 is 38.2. The third kappa shape index (κ3) is 7.74. The van der Waals surface area contributed by atoms with Crippen LogP contribution in [0.1, 0.15) is 12.8 Å². The zero-order valence-corrected chi connectivity index (χ0v) is 18.2. The Kier molecular flexibility index (Phi) is 11.5. The molecule has 1 aliphatic rings. The molecule has 0 aromatic heterocycles. The average molecular weight is 498 g/mol. The van der Waals surface area contributed by atoms with E-state index in [0.717, 1.165) is 19.4 Å². The second kappa shape index (κ2) is 13.1. The fourth-order valence-corrected chi connectivity index (χ4v) is 2.89. The van der Waals surface area contributed by atoms with Crippen molar-refractivity contribution in [3.8, 4) is 0 Å². The molecule has 0 amide bonds. The summed E-state index contributed by atoms with van der Waals surface area (Å²) in [6.07, 6.45) is 1.64. The second-order valence-corrected chi connectivity index (χ2v) is 6.10. The molecule has 0 saturated carbocycles. The van der Waals surface area contributed by atoms with Gasteiger partial charge in [-0.1, -0.05) is 6.07 Å². The van der Waals surface area contributed by atoms with Gasteiger partial charge in [0.2, 0.25) is 0 Å². The minimum atomic E-state index is -0.526. The van der Waals surface area contributed by atoms with Crippen molar-refractivity contribution in [1.29, 1.82) is 0 Å². The first-order valence-corrected chi connectivity index (χ1v) is 8.88. The molecule has 1 fully saturated rings. The first-order chi connectivity index (χ1) is 12.7. The molecule has 2 N–H and O–H groups in total.